The van der Waals surface area contributed by atoms with Gasteiger partial charge < -0.3 is 4.74 Å². The summed E-state index contributed by atoms with van der Waals surface area (Å²) in [6, 6.07) is 12.6. The molecule has 15 heavy (non-hydrogen) atoms. The number of benzene rings is 2. The third-order valence-electron chi connectivity index (χ3n) is 2.33. The maximum absolute atomic E-state index is 5.81. The van der Waals surface area contributed by atoms with Gasteiger partial charge in [-0.2, -0.15) is 0 Å². The van der Waals surface area contributed by atoms with Gasteiger partial charge >= 0.3 is 0 Å². The molecule has 0 aliphatic heterocycles. The molecule has 0 N–H and O–H groups in total. The van der Waals surface area contributed by atoms with Crippen LogP contribution in [-0.4, -0.2) is 6.10 Å². The molecular formula is C14H16O. The van der Waals surface area contributed by atoms with Crippen molar-refractivity contribution in [2.75, 3.05) is 0 Å². The first-order chi connectivity index (χ1) is 7.16. The average Bonchev–Trinajstić information content (AvgIpc) is 2.16. The third-order valence-corrected chi connectivity index (χ3v) is 2.33. The molecule has 0 fully saturated rings. The third kappa shape index (κ3) is 2.12. The molecule has 0 saturated heterocycles. The number of fused-ring (bicyclic) bond motifs is 1. The fourth-order valence-electron chi connectivity index (χ4n) is 1.77. The molecule has 0 aliphatic carbocycles. The molecule has 0 amide bonds. The van der Waals surface area contributed by atoms with E-state index in [1.165, 1.54) is 16.3 Å². The SMILES string of the molecule is Cc1cc(OC(C)C)c2ccccc2c1. The molecule has 2 aromatic rings. The summed E-state index contributed by atoms with van der Waals surface area (Å²) < 4.78 is 5.81. The molecule has 1 nitrogen and oxygen atoms in total. The van der Waals surface area contributed by atoms with Crippen LogP contribution < -0.4 is 4.74 Å². The van der Waals surface area contributed by atoms with Gasteiger partial charge in [0.05, 0.1) is 6.10 Å². The van der Waals surface area contributed by atoms with Crippen LogP contribution in [0.5, 0.6) is 5.75 Å². The second-order valence-corrected chi connectivity index (χ2v) is 4.15. The van der Waals surface area contributed by atoms with Crippen molar-refractivity contribution in [1.29, 1.82) is 0 Å². The van der Waals surface area contributed by atoms with Gasteiger partial charge in [0.1, 0.15) is 5.75 Å². The maximum atomic E-state index is 5.81. The van der Waals surface area contributed by atoms with E-state index in [4.69, 9.17) is 4.74 Å². The van der Waals surface area contributed by atoms with Crippen molar-refractivity contribution in [3.05, 3.63) is 42.0 Å². The number of ether oxygens (including phenoxy) is 1. The molecule has 2 aromatic carbocycles. The Bertz CT molecular complexity index is 472. The molecule has 78 valence electrons. The number of aryl methyl sites for hydroxylation is 1. The first-order valence-electron chi connectivity index (χ1n) is 5.33. The van der Waals surface area contributed by atoms with Gasteiger partial charge in [-0.25, -0.2) is 0 Å². The zero-order chi connectivity index (χ0) is 10.8. The molecule has 0 saturated carbocycles. The summed E-state index contributed by atoms with van der Waals surface area (Å²) in [6.07, 6.45) is 0.218. The van der Waals surface area contributed by atoms with Crippen LogP contribution in [0, 0.1) is 6.92 Å². The maximum Gasteiger partial charge on any atom is 0.127 e. The van der Waals surface area contributed by atoms with Crippen LogP contribution in [0.2, 0.25) is 0 Å². The zero-order valence-corrected chi connectivity index (χ0v) is 9.45. The van der Waals surface area contributed by atoms with E-state index in [0.717, 1.165) is 5.75 Å². The van der Waals surface area contributed by atoms with E-state index in [2.05, 4.69) is 51.1 Å². The average molecular weight is 200 g/mol. The Morgan fingerprint density at radius 1 is 1.07 bits per heavy atom. The highest BCUT2D eigenvalue weighted by atomic mass is 16.5. The molecular weight excluding hydrogens is 184 g/mol. The van der Waals surface area contributed by atoms with Crippen molar-refractivity contribution in [3.8, 4) is 5.75 Å². The normalized spacial score (nSPS) is 10.9. The predicted molar refractivity (Wildman–Crippen MR) is 64.4 cm³/mol. The molecule has 0 bridgehead atoms. The quantitative estimate of drug-likeness (QED) is 0.713. The smallest absolute Gasteiger partial charge is 0.127 e. The molecule has 0 heterocycles. The lowest BCUT2D eigenvalue weighted by Crippen LogP contribution is -2.05. The second kappa shape index (κ2) is 3.93. The van der Waals surface area contributed by atoms with Crippen molar-refractivity contribution in [2.24, 2.45) is 0 Å². The van der Waals surface area contributed by atoms with Gasteiger partial charge in [-0.15, -0.1) is 0 Å². The van der Waals surface area contributed by atoms with Crippen LogP contribution in [0.4, 0.5) is 0 Å². The Morgan fingerprint density at radius 3 is 2.53 bits per heavy atom. The van der Waals surface area contributed by atoms with Crippen LogP contribution >= 0.6 is 0 Å². The Morgan fingerprint density at radius 2 is 1.80 bits per heavy atom. The largest absolute Gasteiger partial charge is 0.490 e. The predicted octanol–water partition coefficient (Wildman–Crippen LogP) is 3.94. The molecule has 0 spiro atoms. The Balaban J connectivity index is 2.60. The van der Waals surface area contributed by atoms with Crippen LogP contribution in [0.15, 0.2) is 36.4 Å². The molecule has 0 aromatic heterocycles. The Hall–Kier alpha value is -1.50. The summed E-state index contributed by atoms with van der Waals surface area (Å²) in [5, 5.41) is 2.44. The van der Waals surface area contributed by atoms with Crippen molar-refractivity contribution < 1.29 is 4.74 Å². The zero-order valence-electron chi connectivity index (χ0n) is 9.45. The van der Waals surface area contributed by atoms with E-state index in [1.54, 1.807) is 0 Å². The Kier molecular flexibility index (Phi) is 2.63. The molecule has 0 radical (unpaired) electrons. The minimum atomic E-state index is 0.218. The van der Waals surface area contributed by atoms with Crippen LogP contribution in [0.1, 0.15) is 19.4 Å². The molecule has 0 unspecified atom stereocenters. The first-order valence-corrected chi connectivity index (χ1v) is 5.33. The first kappa shape index (κ1) is 10.0. The standard InChI is InChI=1S/C14H16O/c1-10(2)15-14-9-11(3)8-12-6-4-5-7-13(12)14/h4-10H,1-3H3. The lowest BCUT2D eigenvalue weighted by atomic mass is 10.1. The second-order valence-electron chi connectivity index (χ2n) is 4.15. The summed E-state index contributed by atoms with van der Waals surface area (Å²) in [5.74, 6) is 0.987. The number of hydrogen-bond donors (Lipinski definition) is 0. The van der Waals surface area contributed by atoms with Crippen LogP contribution in [0.25, 0.3) is 10.8 Å². The van der Waals surface area contributed by atoms with Crippen molar-refractivity contribution in [3.63, 3.8) is 0 Å². The molecule has 0 atom stereocenters. The summed E-state index contributed by atoms with van der Waals surface area (Å²) in [4.78, 5) is 0. The fourth-order valence-corrected chi connectivity index (χ4v) is 1.77. The summed E-state index contributed by atoms with van der Waals surface area (Å²) in [7, 11) is 0. The molecule has 0 aliphatic rings. The monoisotopic (exact) mass is 200 g/mol. The van der Waals surface area contributed by atoms with Crippen molar-refractivity contribution in [2.45, 2.75) is 26.9 Å². The highest BCUT2D eigenvalue weighted by Crippen LogP contribution is 2.27. The number of rotatable bonds is 2. The highest BCUT2D eigenvalue weighted by molar-refractivity contribution is 5.89. The van der Waals surface area contributed by atoms with Gasteiger partial charge in [0.2, 0.25) is 0 Å². The lowest BCUT2D eigenvalue weighted by Gasteiger charge is -2.13. The molecule has 1 heteroatoms. The lowest BCUT2D eigenvalue weighted by molar-refractivity contribution is 0.245. The van der Waals surface area contributed by atoms with E-state index in [0.29, 0.717) is 0 Å². The van der Waals surface area contributed by atoms with E-state index < -0.39 is 0 Å². The van der Waals surface area contributed by atoms with Gasteiger partial charge in [0, 0.05) is 5.39 Å². The Labute approximate surface area is 90.7 Å². The van der Waals surface area contributed by atoms with E-state index in [9.17, 15) is 0 Å². The molecule has 2 rings (SSSR count). The topological polar surface area (TPSA) is 9.23 Å². The van der Waals surface area contributed by atoms with Gasteiger partial charge in [0.25, 0.3) is 0 Å². The van der Waals surface area contributed by atoms with Gasteiger partial charge in [-0.3, -0.25) is 0 Å². The fraction of sp³-hybridized carbons (Fsp3) is 0.286. The van der Waals surface area contributed by atoms with Crippen molar-refractivity contribution >= 4 is 10.8 Å². The van der Waals surface area contributed by atoms with Crippen molar-refractivity contribution in [1.82, 2.24) is 0 Å². The summed E-state index contributed by atoms with van der Waals surface area (Å²) in [5.41, 5.74) is 1.24. The van der Waals surface area contributed by atoms with E-state index >= 15 is 0 Å². The minimum absolute atomic E-state index is 0.218. The highest BCUT2D eigenvalue weighted by Gasteiger charge is 2.04. The summed E-state index contributed by atoms with van der Waals surface area (Å²) >= 11 is 0. The van der Waals surface area contributed by atoms with Gasteiger partial charge in [-0.1, -0.05) is 30.3 Å². The number of hydrogen-bond acceptors (Lipinski definition) is 1. The van der Waals surface area contributed by atoms with Crippen LogP contribution in [0.3, 0.4) is 0 Å². The van der Waals surface area contributed by atoms with E-state index in [-0.39, 0.29) is 6.10 Å². The van der Waals surface area contributed by atoms with Crippen LogP contribution in [-0.2, 0) is 0 Å². The minimum Gasteiger partial charge on any atom is -0.490 e. The summed E-state index contributed by atoms with van der Waals surface area (Å²) in [6.45, 7) is 6.20. The van der Waals surface area contributed by atoms with Gasteiger partial charge in [0.15, 0.2) is 0 Å². The van der Waals surface area contributed by atoms with E-state index in [1.807, 2.05) is 6.07 Å². The van der Waals surface area contributed by atoms with Gasteiger partial charge in [-0.05, 0) is 37.8 Å².